The normalized spacial score (nSPS) is 17.6. The van der Waals surface area contributed by atoms with E-state index in [0.717, 1.165) is 49.5 Å². The van der Waals surface area contributed by atoms with Crippen LogP contribution in [0.2, 0.25) is 0 Å². The Bertz CT molecular complexity index is 413. The fourth-order valence-corrected chi connectivity index (χ4v) is 2.67. The SMILES string of the molecule is CN(CCCCCCl)CC1Cc2cc(F)ccc2O1. The second kappa shape index (κ2) is 7.11. The lowest BCUT2D eigenvalue weighted by Gasteiger charge is -2.20. The summed E-state index contributed by atoms with van der Waals surface area (Å²) >= 11 is 5.65. The molecule has 1 aliphatic rings. The number of unbranched alkanes of at least 4 members (excludes halogenated alkanes) is 2. The molecule has 0 N–H and O–H groups in total. The molecule has 106 valence electrons. The molecule has 0 amide bonds. The maximum atomic E-state index is 13.1. The molecule has 0 spiro atoms. The van der Waals surface area contributed by atoms with Crippen molar-refractivity contribution in [2.24, 2.45) is 0 Å². The molecule has 0 fully saturated rings. The molecule has 2 nitrogen and oxygen atoms in total. The van der Waals surface area contributed by atoms with Gasteiger partial charge < -0.3 is 9.64 Å². The van der Waals surface area contributed by atoms with Gasteiger partial charge in [0.05, 0.1) is 0 Å². The van der Waals surface area contributed by atoms with Gasteiger partial charge in [-0.3, -0.25) is 0 Å². The predicted molar refractivity (Wildman–Crippen MR) is 76.6 cm³/mol. The lowest BCUT2D eigenvalue weighted by atomic mass is 10.1. The van der Waals surface area contributed by atoms with Crippen LogP contribution in [0.5, 0.6) is 5.75 Å². The van der Waals surface area contributed by atoms with Crippen molar-refractivity contribution < 1.29 is 9.13 Å². The number of likely N-dealkylation sites (N-methyl/N-ethyl adjacent to an activating group) is 1. The fraction of sp³-hybridized carbons (Fsp3) is 0.600. The smallest absolute Gasteiger partial charge is 0.123 e. The van der Waals surface area contributed by atoms with E-state index >= 15 is 0 Å². The number of alkyl halides is 1. The van der Waals surface area contributed by atoms with Gasteiger partial charge in [0.25, 0.3) is 0 Å². The molecule has 1 aromatic rings. The van der Waals surface area contributed by atoms with Gasteiger partial charge in [-0.2, -0.15) is 0 Å². The zero-order valence-corrected chi connectivity index (χ0v) is 12.1. The largest absolute Gasteiger partial charge is 0.488 e. The summed E-state index contributed by atoms with van der Waals surface area (Å²) in [6.45, 7) is 1.94. The first kappa shape index (κ1) is 14.6. The van der Waals surface area contributed by atoms with E-state index < -0.39 is 0 Å². The maximum absolute atomic E-state index is 13.1. The van der Waals surface area contributed by atoms with Gasteiger partial charge in [0.15, 0.2) is 0 Å². The van der Waals surface area contributed by atoms with Gasteiger partial charge in [-0.1, -0.05) is 6.42 Å². The van der Waals surface area contributed by atoms with Crippen LogP contribution in [0, 0.1) is 5.82 Å². The van der Waals surface area contributed by atoms with Crippen LogP contribution < -0.4 is 4.74 Å². The Morgan fingerprint density at radius 2 is 2.21 bits per heavy atom. The van der Waals surface area contributed by atoms with Crippen LogP contribution in [0.15, 0.2) is 18.2 Å². The molecular weight excluding hydrogens is 265 g/mol. The minimum absolute atomic E-state index is 0.148. The lowest BCUT2D eigenvalue weighted by Crippen LogP contribution is -2.32. The highest BCUT2D eigenvalue weighted by Gasteiger charge is 2.24. The summed E-state index contributed by atoms with van der Waals surface area (Å²) in [4.78, 5) is 2.28. The molecule has 4 heteroatoms. The van der Waals surface area contributed by atoms with Crippen molar-refractivity contribution in [3.8, 4) is 5.75 Å². The molecule has 1 heterocycles. The van der Waals surface area contributed by atoms with Crippen LogP contribution in [-0.2, 0) is 6.42 Å². The van der Waals surface area contributed by atoms with Crippen LogP contribution in [-0.4, -0.2) is 37.0 Å². The van der Waals surface area contributed by atoms with Gasteiger partial charge in [0, 0.05) is 24.4 Å². The number of hydrogen-bond donors (Lipinski definition) is 0. The Hall–Kier alpha value is -0.800. The average molecular weight is 286 g/mol. The zero-order chi connectivity index (χ0) is 13.7. The summed E-state index contributed by atoms with van der Waals surface area (Å²) in [6, 6.07) is 4.76. The molecular formula is C15H21ClFNO. The summed E-state index contributed by atoms with van der Waals surface area (Å²) in [5.41, 5.74) is 0.987. The highest BCUT2D eigenvalue weighted by atomic mass is 35.5. The maximum Gasteiger partial charge on any atom is 0.123 e. The van der Waals surface area contributed by atoms with Gasteiger partial charge in [-0.05, 0) is 44.6 Å². The molecule has 19 heavy (non-hydrogen) atoms. The van der Waals surface area contributed by atoms with Crippen molar-refractivity contribution in [1.29, 1.82) is 0 Å². The fourth-order valence-electron chi connectivity index (χ4n) is 2.48. The summed E-state index contributed by atoms with van der Waals surface area (Å²) in [6.07, 6.45) is 4.37. The lowest BCUT2D eigenvalue weighted by molar-refractivity contribution is 0.167. The molecule has 0 aromatic heterocycles. The van der Waals surface area contributed by atoms with E-state index in [1.807, 2.05) is 0 Å². The van der Waals surface area contributed by atoms with Crippen LogP contribution in [0.4, 0.5) is 4.39 Å². The Morgan fingerprint density at radius 3 is 3.00 bits per heavy atom. The summed E-state index contributed by atoms with van der Waals surface area (Å²) in [5.74, 6) is 1.40. The number of halogens is 2. The molecule has 0 saturated heterocycles. The number of hydrogen-bond acceptors (Lipinski definition) is 2. The highest BCUT2D eigenvalue weighted by molar-refractivity contribution is 6.17. The van der Waals surface area contributed by atoms with E-state index in [1.54, 1.807) is 12.1 Å². The third kappa shape index (κ3) is 4.36. The summed E-state index contributed by atoms with van der Waals surface area (Å²) in [7, 11) is 2.10. The number of benzene rings is 1. The molecule has 1 aliphatic heterocycles. The summed E-state index contributed by atoms with van der Waals surface area (Å²) < 4.78 is 18.9. The van der Waals surface area contributed by atoms with Crippen LogP contribution in [0.1, 0.15) is 24.8 Å². The van der Waals surface area contributed by atoms with Gasteiger partial charge in [0.2, 0.25) is 0 Å². The number of fused-ring (bicyclic) bond motifs is 1. The standard InChI is InChI=1S/C15H21ClFNO/c1-18(8-4-2-3-7-16)11-14-10-12-9-13(17)5-6-15(12)19-14/h5-6,9,14H,2-4,7-8,10-11H2,1H3. The van der Waals surface area contributed by atoms with E-state index in [9.17, 15) is 4.39 Å². The first-order chi connectivity index (χ1) is 9.19. The minimum atomic E-state index is -0.183. The molecule has 0 radical (unpaired) electrons. The topological polar surface area (TPSA) is 12.5 Å². The zero-order valence-electron chi connectivity index (χ0n) is 11.4. The van der Waals surface area contributed by atoms with Crippen molar-refractivity contribution >= 4 is 11.6 Å². The average Bonchev–Trinajstić information content (AvgIpc) is 2.76. The number of nitrogens with zero attached hydrogens (tertiary/aromatic N) is 1. The molecule has 1 aromatic carbocycles. The molecule has 0 bridgehead atoms. The number of rotatable bonds is 7. The van der Waals surface area contributed by atoms with E-state index in [0.29, 0.717) is 0 Å². The Balaban J connectivity index is 1.74. The van der Waals surface area contributed by atoms with E-state index in [1.165, 1.54) is 12.5 Å². The van der Waals surface area contributed by atoms with Crippen molar-refractivity contribution in [3.63, 3.8) is 0 Å². The van der Waals surface area contributed by atoms with Gasteiger partial charge in [0.1, 0.15) is 17.7 Å². The van der Waals surface area contributed by atoms with Crippen molar-refractivity contribution in [1.82, 2.24) is 4.90 Å². The molecule has 1 atom stereocenters. The van der Waals surface area contributed by atoms with E-state index in [2.05, 4.69) is 11.9 Å². The second-order valence-electron chi connectivity index (χ2n) is 5.21. The third-order valence-electron chi connectivity index (χ3n) is 3.45. The van der Waals surface area contributed by atoms with Crippen LogP contribution in [0.3, 0.4) is 0 Å². The molecule has 1 unspecified atom stereocenters. The summed E-state index contributed by atoms with van der Waals surface area (Å²) in [5, 5.41) is 0. The van der Waals surface area contributed by atoms with E-state index in [4.69, 9.17) is 16.3 Å². The van der Waals surface area contributed by atoms with Gasteiger partial charge >= 0.3 is 0 Å². The predicted octanol–water partition coefficient (Wildman–Crippen LogP) is 3.47. The monoisotopic (exact) mass is 285 g/mol. The third-order valence-corrected chi connectivity index (χ3v) is 3.72. The minimum Gasteiger partial charge on any atom is -0.488 e. The van der Waals surface area contributed by atoms with Crippen LogP contribution in [0.25, 0.3) is 0 Å². The molecule has 0 aliphatic carbocycles. The Kier molecular flexibility index (Phi) is 5.46. The first-order valence-corrected chi connectivity index (χ1v) is 7.42. The van der Waals surface area contributed by atoms with E-state index in [-0.39, 0.29) is 11.9 Å². The highest BCUT2D eigenvalue weighted by Crippen LogP contribution is 2.29. The Morgan fingerprint density at radius 1 is 1.37 bits per heavy atom. The second-order valence-corrected chi connectivity index (χ2v) is 5.59. The molecule has 0 saturated carbocycles. The number of ether oxygens (including phenoxy) is 1. The van der Waals surface area contributed by atoms with Crippen molar-refractivity contribution in [3.05, 3.63) is 29.6 Å². The molecule has 2 rings (SSSR count). The van der Waals surface area contributed by atoms with Gasteiger partial charge in [-0.15, -0.1) is 11.6 Å². The van der Waals surface area contributed by atoms with Crippen molar-refractivity contribution in [2.75, 3.05) is 26.0 Å². The first-order valence-electron chi connectivity index (χ1n) is 6.88. The van der Waals surface area contributed by atoms with Gasteiger partial charge in [-0.25, -0.2) is 4.39 Å². The van der Waals surface area contributed by atoms with Crippen molar-refractivity contribution in [2.45, 2.75) is 31.8 Å². The quantitative estimate of drug-likeness (QED) is 0.562. The van der Waals surface area contributed by atoms with Crippen LogP contribution >= 0.6 is 11.6 Å². The Labute approximate surface area is 119 Å².